The van der Waals surface area contributed by atoms with Crippen LogP contribution in [0.2, 0.25) is 0 Å². The minimum Gasteiger partial charge on any atom is -0.442 e. The first-order chi connectivity index (χ1) is 13.7. The molecule has 29 heavy (non-hydrogen) atoms. The maximum Gasteiger partial charge on any atom is 0.225 e. The zero-order valence-corrected chi connectivity index (χ0v) is 16.1. The largest absolute Gasteiger partial charge is 0.442 e. The molecule has 0 saturated heterocycles. The average Bonchev–Trinajstić information content (AvgIpc) is 3.24. The second kappa shape index (κ2) is 9.07. The van der Waals surface area contributed by atoms with Gasteiger partial charge in [0.15, 0.2) is 12.2 Å². The van der Waals surface area contributed by atoms with Gasteiger partial charge < -0.3 is 15.1 Å². The van der Waals surface area contributed by atoms with Gasteiger partial charge in [-0.2, -0.15) is 4.98 Å². The highest BCUT2D eigenvalue weighted by atomic mass is 35.5. The van der Waals surface area contributed by atoms with Crippen molar-refractivity contribution >= 4 is 30.0 Å². The SMILES string of the molecule is C[C@H](Nc1nc(Nc2cnccn2)cc(-c2cnco2)n1)c1ccc(F)cc1.Cl. The smallest absolute Gasteiger partial charge is 0.225 e. The van der Waals surface area contributed by atoms with Crippen LogP contribution in [-0.4, -0.2) is 24.9 Å². The molecule has 0 bridgehead atoms. The highest BCUT2D eigenvalue weighted by Crippen LogP contribution is 2.25. The fourth-order valence-corrected chi connectivity index (χ4v) is 2.57. The van der Waals surface area contributed by atoms with Gasteiger partial charge in [0.2, 0.25) is 5.95 Å². The normalized spacial score (nSPS) is 11.4. The Morgan fingerprint density at radius 1 is 1.00 bits per heavy atom. The molecular formula is C19H17ClFN7O. The van der Waals surface area contributed by atoms with Crippen LogP contribution in [0.3, 0.4) is 0 Å². The zero-order chi connectivity index (χ0) is 19.3. The third-order valence-electron chi connectivity index (χ3n) is 3.95. The molecule has 0 aliphatic heterocycles. The number of benzene rings is 1. The van der Waals surface area contributed by atoms with E-state index in [1.807, 2.05) is 6.92 Å². The lowest BCUT2D eigenvalue weighted by molar-refractivity contribution is 0.569. The van der Waals surface area contributed by atoms with Gasteiger partial charge in [-0.15, -0.1) is 12.4 Å². The van der Waals surface area contributed by atoms with Crippen molar-refractivity contribution < 1.29 is 8.81 Å². The van der Waals surface area contributed by atoms with E-state index in [1.54, 1.807) is 43.0 Å². The van der Waals surface area contributed by atoms with E-state index in [1.165, 1.54) is 18.5 Å². The Morgan fingerprint density at radius 3 is 2.52 bits per heavy atom. The van der Waals surface area contributed by atoms with Gasteiger partial charge in [0.25, 0.3) is 0 Å². The van der Waals surface area contributed by atoms with Crippen molar-refractivity contribution in [2.45, 2.75) is 13.0 Å². The molecule has 0 saturated carbocycles. The van der Waals surface area contributed by atoms with Crippen LogP contribution in [0.15, 0.2) is 65.9 Å². The third kappa shape index (κ3) is 5.02. The summed E-state index contributed by atoms with van der Waals surface area (Å²) in [6.45, 7) is 1.94. The Labute approximate surface area is 172 Å². The molecule has 8 nitrogen and oxygen atoms in total. The first-order valence-corrected chi connectivity index (χ1v) is 8.50. The molecule has 0 unspecified atom stereocenters. The fourth-order valence-electron chi connectivity index (χ4n) is 2.57. The lowest BCUT2D eigenvalue weighted by atomic mass is 10.1. The molecule has 4 aromatic rings. The van der Waals surface area contributed by atoms with E-state index in [2.05, 4.69) is 35.6 Å². The van der Waals surface area contributed by atoms with E-state index in [0.29, 0.717) is 29.0 Å². The zero-order valence-electron chi connectivity index (χ0n) is 15.3. The summed E-state index contributed by atoms with van der Waals surface area (Å²) < 4.78 is 18.5. The quantitative estimate of drug-likeness (QED) is 0.479. The lowest BCUT2D eigenvalue weighted by Gasteiger charge is -2.16. The van der Waals surface area contributed by atoms with Crippen LogP contribution in [-0.2, 0) is 0 Å². The summed E-state index contributed by atoms with van der Waals surface area (Å²) in [5, 5.41) is 6.31. The number of nitrogens with zero attached hydrogens (tertiary/aromatic N) is 5. The van der Waals surface area contributed by atoms with Crippen LogP contribution in [0.5, 0.6) is 0 Å². The summed E-state index contributed by atoms with van der Waals surface area (Å²) in [5.74, 6) is 1.65. The minimum atomic E-state index is -0.282. The highest BCUT2D eigenvalue weighted by Gasteiger charge is 2.13. The highest BCUT2D eigenvalue weighted by molar-refractivity contribution is 5.85. The van der Waals surface area contributed by atoms with E-state index in [9.17, 15) is 4.39 Å². The summed E-state index contributed by atoms with van der Waals surface area (Å²) >= 11 is 0. The molecule has 0 fully saturated rings. The van der Waals surface area contributed by atoms with Gasteiger partial charge in [0, 0.05) is 18.5 Å². The standard InChI is InChI=1S/C19H16FN7O.ClH/c1-12(13-2-4-14(20)5-3-13)24-19-25-15(16-9-22-11-28-16)8-17(27-19)26-18-10-21-6-7-23-18;/h2-12H,1H3,(H2,23,24,25,26,27);1H/t12-;/m0./s1. The van der Waals surface area contributed by atoms with E-state index in [0.717, 1.165) is 5.56 Å². The Kier molecular flexibility index (Phi) is 6.30. The Hall–Kier alpha value is -3.59. The topological polar surface area (TPSA) is 102 Å². The number of oxazole rings is 1. The van der Waals surface area contributed by atoms with Gasteiger partial charge in [-0.1, -0.05) is 12.1 Å². The molecule has 0 aliphatic carbocycles. The molecule has 0 amide bonds. The van der Waals surface area contributed by atoms with Crippen molar-refractivity contribution in [2.24, 2.45) is 0 Å². The van der Waals surface area contributed by atoms with Gasteiger partial charge in [-0.25, -0.2) is 19.3 Å². The van der Waals surface area contributed by atoms with Crippen LogP contribution in [0.4, 0.5) is 22.0 Å². The molecule has 1 atom stereocenters. The predicted molar refractivity (Wildman–Crippen MR) is 109 cm³/mol. The molecule has 2 N–H and O–H groups in total. The molecule has 3 aromatic heterocycles. The molecule has 0 radical (unpaired) electrons. The molecule has 1 aromatic carbocycles. The number of aromatic nitrogens is 5. The van der Waals surface area contributed by atoms with Crippen molar-refractivity contribution in [3.63, 3.8) is 0 Å². The fraction of sp³-hybridized carbons (Fsp3) is 0.105. The predicted octanol–water partition coefficient (Wildman–Crippen LogP) is 4.40. The molecule has 4 rings (SSSR count). The van der Waals surface area contributed by atoms with Gasteiger partial charge in [0.05, 0.1) is 18.4 Å². The van der Waals surface area contributed by atoms with Crippen molar-refractivity contribution in [1.29, 1.82) is 0 Å². The molecule has 0 aliphatic rings. The van der Waals surface area contributed by atoms with Crippen LogP contribution in [0.25, 0.3) is 11.5 Å². The van der Waals surface area contributed by atoms with Crippen LogP contribution < -0.4 is 10.6 Å². The maximum atomic E-state index is 13.2. The molecule has 0 spiro atoms. The van der Waals surface area contributed by atoms with E-state index >= 15 is 0 Å². The van der Waals surface area contributed by atoms with Gasteiger partial charge in [-0.3, -0.25) is 4.98 Å². The van der Waals surface area contributed by atoms with E-state index < -0.39 is 0 Å². The summed E-state index contributed by atoms with van der Waals surface area (Å²) in [6, 6.07) is 7.84. The summed E-state index contributed by atoms with van der Waals surface area (Å²) in [6.07, 6.45) is 7.66. The van der Waals surface area contributed by atoms with Crippen LogP contribution >= 0.6 is 12.4 Å². The molecular weight excluding hydrogens is 397 g/mol. The number of nitrogens with one attached hydrogen (secondary N) is 2. The van der Waals surface area contributed by atoms with Gasteiger partial charge in [0.1, 0.15) is 23.1 Å². The number of halogens is 2. The van der Waals surface area contributed by atoms with Crippen molar-refractivity contribution in [1.82, 2.24) is 24.9 Å². The first-order valence-electron chi connectivity index (χ1n) is 8.50. The van der Waals surface area contributed by atoms with Crippen molar-refractivity contribution in [3.8, 4) is 11.5 Å². The molecule has 3 heterocycles. The Bertz CT molecular complexity index is 1050. The second-order valence-electron chi connectivity index (χ2n) is 5.96. The van der Waals surface area contributed by atoms with E-state index in [-0.39, 0.29) is 24.3 Å². The maximum absolute atomic E-state index is 13.2. The monoisotopic (exact) mass is 413 g/mol. The second-order valence-corrected chi connectivity index (χ2v) is 5.96. The average molecular weight is 414 g/mol. The number of hydrogen-bond acceptors (Lipinski definition) is 8. The minimum absolute atomic E-state index is 0. The van der Waals surface area contributed by atoms with Crippen LogP contribution in [0.1, 0.15) is 18.5 Å². The lowest BCUT2D eigenvalue weighted by Crippen LogP contribution is -2.11. The summed E-state index contributed by atoms with van der Waals surface area (Å²) in [4.78, 5) is 21.1. The molecule has 148 valence electrons. The third-order valence-corrected chi connectivity index (χ3v) is 3.95. The summed E-state index contributed by atoms with van der Waals surface area (Å²) in [5.41, 5.74) is 1.45. The Balaban J connectivity index is 0.00000240. The Morgan fingerprint density at radius 2 is 1.83 bits per heavy atom. The van der Waals surface area contributed by atoms with Gasteiger partial charge in [-0.05, 0) is 24.6 Å². The van der Waals surface area contributed by atoms with Crippen molar-refractivity contribution in [2.75, 3.05) is 10.6 Å². The van der Waals surface area contributed by atoms with Gasteiger partial charge >= 0.3 is 0 Å². The number of rotatable bonds is 6. The van der Waals surface area contributed by atoms with E-state index in [4.69, 9.17) is 4.42 Å². The molecule has 10 heteroatoms. The number of anilines is 3. The summed E-state index contributed by atoms with van der Waals surface area (Å²) in [7, 11) is 0. The first kappa shape index (κ1) is 20.2. The number of hydrogen-bond donors (Lipinski definition) is 2. The van der Waals surface area contributed by atoms with Crippen molar-refractivity contribution in [3.05, 3.63) is 72.9 Å². The van der Waals surface area contributed by atoms with Crippen LogP contribution in [0, 0.1) is 5.82 Å².